The average Bonchev–Trinajstić information content (AvgIpc) is 3.16. The standard InChI is InChI=1S/C38H28N6O12S3.3Na/c1-20-4-2-3-5-31(20)42-44-35-33(59(54,55)56)19-24-16-26(10-13-30(24)37(35)46)40-38(47)39-25-9-12-29-23(15-25)18-32(58(51,52)53)34(36(29)45)43-41-27-8-6-22-17-28(57(48,49)50)11-7-21(22)14-27;;;/h2-19,41-42H,1H3,(H2,39,40,47)(H,48,49,50)(H,51,52,53)(H,54,55,56);;;/q;3*+1/p-3/b43-34-,44-35+;;;. The Morgan fingerprint density at radius 3 is 1.52 bits per heavy atom. The summed E-state index contributed by atoms with van der Waals surface area (Å²) in [6, 6.07) is 21.7. The van der Waals surface area contributed by atoms with Crippen LogP contribution < -0.4 is 110 Å². The molecule has 5 aromatic carbocycles. The predicted molar refractivity (Wildman–Crippen MR) is 215 cm³/mol. The van der Waals surface area contributed by atoms with Crippen LogP contribution in [0.1, 0.15) is 37.4 Å². The van der Waals surface area contributed by atoms with Gasteiger partial charge in [-0.15, -0.1) is 0 Å². The largest absolute Gasteiger partial charge is 1.00 e. The number of anilines is 4. The monoisotopic (exact) mass is 922 g/mol. The Balaban J connectivity index is 0.00000282. The van der Waals surface area contributed by atoms with Crippen LogP contribution in [-0.2, 0) is 30.4 Å². The topological polar surface area (TPSA) is 296 Å². The van der Waals surface area contributed by atoms with E-state index in [1.165, 1.54) is 66.7 Å². The van der Waals surface area contributed by atoms with E-state index in [1.807, 2.05) is 0 Å². The minimum atomic E-state index is -5.29. The SMILES string of the molecule is Cc1ccccc1N/N=C1/C(=O)c2ccc(NC(=O)Nc3ccc4c(c3)C=C(S(=O)(=O)[O-])/C(=N/Nc3ccc5cc(S(=O)(=O)[O-])ccc5c3)C4=O)cc2C=C1S(=O)(=O)[O-].[Na+].[Na+].[Na+]. The van der Waals surface area contributed by atoms with Crippen molar-refractivity contribution in [1.82, 2.24) is 0 Å². The second-order valence-corrected chi connectivity index (χ2v) is 17.0. The molecular weight excluding hydrogens is 898 g/mol. The van der Waals surface area contributed by atoms with Crippen LogP contribution in [-0.4, -0.2) is 67.9 Å². The van der Waals surface area contributed by atoms with Crippen LogP contribution in [0.5, 0.6) is 0 Å². The number of benzene rings is 5. The van der Waals surface area contributed by atoms with Gasteiger partial charge in [0.1, 0.15) is 41.8 Å². The molecule has 4 N–H and O–H groups in total. The van der Waals surface area contributed by atoms with Crippen molar-refractivity contribution >= 4 is 105 Å². The van der Waals surface area contributed by atoms with Gasteiger partial charge in [0.05, 0.1) is 26.1 Å². The molecule has 300 valence electrons. The Morgan fingerprint density at radius 2 is 1.02 bits per heavy atom. The number of nitrogens with one attached hydrogen (secondary N) is 4. The maximum absolute atomic E-state index is 13.5. The smallest absolute Gasteiger partial charge is 0.744 e. The number of hydrazone groups is 2. The van der Waals surface area contributed by atoms with Crippen molar-refractivity contribution in [1.29, 1.82) is 0 Å². The Kier molecular flexibility index (Phi) is 16.3. The van der Waals surface area contributed by atoms with Crippen LogP contribution in [0.4, 0.5) is 27.5 Å². The summed E-state index contributed by atoms with van der Waals surface area (Å²) in [5.74, 6) is -1.80. The van der Waals surface area contributed by atoms with Gasteiger partial charge in [0, 0.05) is 22.5 Å². The van der Waals surface area contributed by atoms with Crippen LogP contribution in [0.15, 0.2) is 122 Å². The van der Waals surface area contributed by atoms with E-state index < -0.39 is 74.1 Å². The van der Waals surface area contributed by atoms with Crippen LogP contribution in [0.2, 0.25) is 0 Å². The number of fused-ring (bicyclic) bond motifs is 3. The van der Waals surface area contributed by atoms with Gasteiger partial charge < -0.3 is 24.3 Å². The van der Waals surface area contributed by atoms with Crippen molar-refractivity contribution in [3.8, 4) is 0 Å². The first kappa shape index (κ1) is 50.8. The first-order valence-corrected chi connectivity index (χ1v) is 21.0. The molecule has 0 aromatic heterocycles. The molecule has 7 rings (SSSR count). The normalized spacial score (nSPS) is 14.8. The van der Waals surface area contributed by atoms with Crippen LogP contribution >= 0.6 is 0 Å². The number of carbonyl (C=O) groups is 3. The van der Waals surface area contributed by atoms with Crippen molar-refractivity contribution in [3.63, 3.8) is 0 Å². The molecule has 62 heavy (non-hydrogen) atoms. The van der Waals surface area contributed by atoms with Gasteiger partial charge in [0.15, 0.2) is 0 Å². The molecule has 0 spiro atoms. The molecule has 0 saturated carbocycles. The third-order valence-corrected chi connectivity index (χ3v) is 11.5. The number of aryl methyl sites for hydroxylation is 1. The first-order valence-electron chi connectivity index (χ1n) is 16.8. The molecule has 0 bridgehead atoms. The summed E-state index contributed by atoms with van der Waals surface area (Å²) < 4.78 is 108. The number of hydrogen-bond donors (Lipinski definition) is 4. The molecule has 2 amide bonds. The summed E-state index contributed by atoms with van der Waals surface area (Å²) in [6.45, 7) is 1.75. The molecular formula is C38H25N6Na3O12S3. The van der Waals surface area contributed by atoms with Crippen molar-refractivity contribution in [2.24, 2.45) is 10.2 Å². The van der Waals surface area contributed by atoms with E-state index >= 15 is 0 Å². The van der Waals surface area contributed by atoms with Gasteiger partial charge >= 0.3 is 94.7 Å². The van der Waals surface area contributed by atoms with Crippen LogP contribution in [0.25, 0.3) is 22.9 Å². The number of allylic oxidation sites excluding steroid dienone is 2. The molecule has 0 fully saturated rings. The van der Waals surface area contributed by atoms with Gasteiger partial charge in [-0.25, -0.2) is 30.0 Å². The third-order valence-electron chi connectivity index (χ3n) is 8.95. The van der Waals surface area contributed by atoms with Gasteiger partial charge in [0.2, 0.25) is 11.6 Å². The maximum atomic E-state index is 13.5. The Morgan fingerprint density at radius 1 is 0.548 bits per heavy atom. The van der Waals surface area contributed by atoms with E-state index in [-0.39, 0.29) is 128 Å². The fourth-order valence-corrected chi connectivity index (χ4v) is 7.90. The van der Waals surface area contributed by atoms with Gasteiger partial charge in [0.25, 0.3) is 0 Å². The number of para-hydroxylation sites is 1. The van der Waals surface area contributed by atoms with E-state index in [4.69, 9.17) is 0 Å². The second-order valence-electron chi connectivity index (χ2n) is 12.9. The zero-order valence-electron chi connectivity index (χ0n) is 32.9. The number of Topliss-reactive ketones (excluding diaryl/α,β-unsaturated/α-hetero) is 2. The summed E-state index contributed by atoms with van der Waals surface area (Å²) >= 11 is 0. The minimum absolute atomic E-state index is 0. The van der Waals surface area contributed by atoms with E-state index in [0.29, 0.717) is 16.5 Å². The molecule has 0 unspecified atom stereocenters. The molecule has 0 heterocycles. The van der Waals surface area contributed by atoms with Gasteiger partial charge in [-0.2, -0.15) is 10.2 Å². The fraction of sp³-hybridized carbons (Fsp3) is 0.0263. The Labute approximate surface area is 420 Å². The van der Waals surface area contributed by atoms with Crippen molar-refractivity contribution in [3.05, 3.63) is 135 Å². The van der Waals surface area contributed by atoms with E-state index in [2.05, 4.69) is 31.7 Å². The van der Waals surface area contributed by atoms with Gasteiger partial charge in [-0.1, -0.05) is 30.3 Å². The molecule has 0 saturated heterocycles. The summed E-state index contributed by atoms with van der Waals surface area (Å²) in [5, 5.41) is 13.7. The quantitative estimate of drug-likeness (QED) is 0.0620. The molecule has 0 aliphatic heterocycles. The molecule has 0 radical (unpaired) electrons. The number of hydrogen-bond acceptors (Lipinski definition) is 16. The number of ketones is 2. The zero-order valence-corrected chi connectivity index (χ0v) is 41.4. The number of nitrogens with zero attached hydrogens (tertiary/aromatic N) is 2. The van der Waals surface area contributed by atoms with E-state index in [1.54, 1.807) is 31.2 Å². The first-order chi connectivity index (χ1) is 27.8. The molecule has 2 aliphatic carbocycles. The molecule has 5 aromatic rings. The summed E-state index contributed by atoms with van der Waals surface area (Å²) in [7, 11) is -15.2. The third kappa shape index (κ3) is 11.2. The number of amides is 2. The van der Waals surface area contributed by atoms with Crippen LogP contribution in [0, 0.1) is 6.92 Å². The summed E-state index contributed by atoms with van der Waals surface area (Å²) in [4.78, 5) is 37.6. The number of carbonyl (C=O) groups excluding carboxylic acids is 3. The second kappa shape index (κ2) is 19.9. The fourth-order valence-electron chi connectivity index (χ4n) is 6.10. The van der Waals surface area contributed by atoms with Crippen molar-refractivity contribution in [2.75, 3.05) is 21.5 Å². The molecule has 24 heteroatoms. The number of urea groups is 1. The number of rotatable bonds is 9. The van der Waals surface area contributed by atoms with Crippen molar-refractivity contribution in [2.45, 2.75) is 11.8 Å². The van der Waals surface area contributed by atoms with Gasteiger partial charge in [-0.3, -0.25) is 20.4 Å². The molecule has 2 aliphatic rings. The molecule has 0 atom stereocenters. The van der Waals surface area contributed by atoms with Gasteiger partial charge in [-0.05, 0) is 113 Å². The zero-order chi connectivity index (χ0) is 42.4. The Bertz CT molecular complexity index is 3180. The summed E-state index contributed by atoms with van der Waals surface area (Å²) in [5.41, 5.74) is 5.21. The Hall–Kier alpha value is -3.88. The van der Waals surface area contributed by atoms with E-state index in [0.717, 1.165) is 23.8 Å². The predicted octanol–water partition coefficient (Wildman–Crippen LogP) is -4.19. The molecule has 18 nitrogen and oxygen atoms in total. The maximum Gasteiger partial charge on any atom is 1.00 e. The minimum Gasteiger partial charge on any atom is -0.744 e. The summed E-state index contributed by atoms with van der Waals surface area (Å²) in [6.07, 6.45) is 1.88. The average molecular weight is 923 g/mol. The van der Waals surface area contributed by atoms with Crippen molar-refractivity contribution < 1.29 is 142 Å². The van der Waals surface area contributed by atoms with E-state index in [9.17, 15) is 53.3 Å². The van der Waals surface area contributed by atoms with Crippen LogP contribution in [0.3, 0.4) is 0 Å².